The number of aryl methyl sites for hydroxylation is 1. The molecule has 0 bridgehead atoms. The molecule has 2 aromatic rings. The van der Waals surface area contributed by atoms with Crippen LogP contribution in [0.25, 0.3) is 0 Å². The van der Waals surface area contributed by atoms with Crippen molar-refractivity contribution in [2.45, 2.75) is 13.5 Å². The van der Waals surface area contributed by atoms with E-state index in [1.165, 1.54) is 0 Å². The molecule has 6 heteroatoms. The van der Waals surface area contributed by atoms with E-state index in [4.69, 9.17) is 16.3 Å². The van der Waals surface area contributed by atoms with Crippen LogP contribution in [-0.4, -0.2) is 12.1 Å². The van der Waals surface area contributed by atoms with Gasteiger partial charge in [-0.2, -0.15) is 0 Å². The third-order valence-electron chi connectivity index (χ3n) is 2.84. The molecule has 0 saturated heterocycles. The van der Waals surface area contributed by atoms with E-state index in [0.717, 1.165) is 31.5 Å². The van der Waals surface area contributed by atoms with Gasteiger partial charge in [0.2, 0.25) is 0 Å². The molecule has 1 aromatic heterocycles. The van der Waals surface area contributed by atoms with Crippen LogP contribution in [0.5, 0.6) is 5.75 Å². The van der Waals surface area contributed by atoms with E-state index >= 15 is 0 Å². The fourth-order valence-corrected chi connectivity index (χ4v) is 3.71. The van der Waals surface area contributed by atoms with Gasteiger partial charge in [0.1, 0.15) is 5.75 Å². The van der Waals surface area contributed by atoms with Gasteiger partial charge >= 0.3 is 0 Å². The first-order valence-corrected chi connectivity index (χ1v) is 7.86. The van der Waals surface area contributed by atoms with Crippen LogP contribution in [-0.2, 0) is 6.54 Å². The molecular formula is C14H13Br2ClN2O. The maximum atomic E-state index is 6.09. The van der Waals surface area contributed by atoms with Crippen LogP contribution >= 0.6 is 43.5 Å². The van der Waals surface area contributed by atoms with E-state index in [-0.39, 0.29) is 0 Å². The zero-order valence-electron chi connectivity index (χ0n) is 11.0. The summed E-state index contributed by atoms with van der Waals surface area (Å²) in [6, 6.07) is 5.94. The van der Waals surface area contributed by atoms with Gasteiger partial charge in [-0.05, 0) is 68.1 Å². The minimum Gasteiger partial charge on any atom is -0.494 e. The van der Waals surface area contributed by atoms with Crippen molar-refractivity contribution in [3.63, 3.8) is 0 Å². The topological polar surface area (TPSA) is 34.1 Å². The summed E-state index contributed by atoms with van der Waals surface area (Å²) in [5, 5.41) is 3.80. The Morgan fingerprint density at radius 2 is 1.95 bits per heavy atom. The summed E-state index contributed by atoms with van der Waals surface area (Å²) < 4.78 is 7.09. The average Bonchev–Trinajstić information content (AvgIpc) is 2.38. The fraction of sp³-hybridized carbons (Fsp3) is 0.214. The SMILES string of the molecule is COc1c(Br)cc(CNc2c(C)ccnc2Cl)cc1Br. The number of methoxy groups -OCH3 is 1. The number of nitrogens with one attached hydrogen (secondary N) is 1. The number of benzene rings is 1. The van der Waals surface area contributed by atoms with Gasteiger partial charge in [-0.3, -0.25) is 0 Å². The lowest BCUT2D eigenvalue weighted by molar-refractivity contribution is 0.409. The number of hydrogen-bond donors (Lipinski definition) is 1. The fourth-order valence-electron chi connectivity index (χ4n) is 1.84. The standard InChI is InChI=1S/C14H13Br2ClN2O/c1-8-3-4-18-14(17)12(8)19-7-9-5-10(15)13(20-2)11(16)6-9/h3-6,19H,7H2,1-2H3. The summed E-state index contributed by atoms with van der Waals surface area (Å²) >= 11 is 13.1. The first-order valence-electron chi connectivity index (χ1n) is 5.89. The van der Waals surface area contributed by atoms with Gasteiger partial charge < -0.3 is 10.1 Å². The molecule has 0 aliphatic heterocycles. The van der Waals surface area contributed by atoms with Crippen molar-refractivity contribution in [3.05, 3.63) is 49.6 Å². The lowest BCUT2D eigenvalue weighted by atomic mass is 10.2. The van der Waals surface area contributed by atoms with Crippen LogP contribution < -0.4 is 10.1 Å². The summed E-state index contributed by atoms with van der Waals surface area (Å²) in [7, 11) is 1.64. The normalized spacial score (nSPS) is 10.4. The number of aromatic nitrogens is 1. The van der Waals surface area contributed by atoms with Crippen molar-refractivity contribution in [1.29, 1.82) is 0 Å². The second-order valence-corrected chi connectivity index (χ2v) is 6.31. The van der Waals surface area contributed by atoms with E-state index < -0.39 is 0 Å². The van der Waals surface area contributed by atoms with Gasteiger partial charge in [0.15, 0.2) is 5.15 Å². The van der Waals surface area contributed by atoms with Crippen molar-refractivity contribution in [2.75, 3.05) is 12.4 Å². The molecule has 0 fully saturated rings. The maximum Gasteiger partial charge on any atom is 0.152 e. The van der Waals surface area contributed by atoms with Crippen LogP contribution in [0.2, 0.25) is 5.15 Å². The Bertz CT molecular complexity index is 591. The molecule has 3 nitrogen and oxygen atoms in total. The predicted octanol–water partition coefficient (Wildman–Crippen LogP) is 5.19. The molecule has 0 aliphatic carbocycles. The summed E-state index contributed by atoms with van der Waals surface area (Å²) in [5.74, 6) is 0.782. The van der Waals surface area contributed by atoms with Gasteiger partial charge in [0, 0.05) is 12.7 Å². The summed E-state index contributed by atoms with van der Waals surface area (Å²) in [6.07, 6.45) is 1.70. The van der Waals surface area contributed by atoms with Crippen LogP contribution in [0, 0.1) is 6.92 Å². The first-order chi connectivity index (χ1) is 9.52. The molecule has 0 atom stereocenters. The molecule has 0 saturated carbocycles. The largest absolute Gasteiger partial charge is 0.494 e. The van der Waals surface area contributed by atoms with E-state index in [9.17, 15) is 0 Å². The Morgan fingerprint density at radius 3 is 2.50 bits per heavy atom. The van der Waals surface area contributed by atoms with Crippen LogP contribution in [0.15, 0.2) is 33.3 Å². The molecule has 2 rings (SSSR count). The van der Waals surface area contributed by atoms with Crippen molar-refractivity contribution in [1.82, 2.24) is 4.98 Å². The van der Waals surface area contributed by atoms with Crippen LogP contribution in [0.3, 0.4) is 0 Å². The van der Waals surface area contributed by atoms with Crippen LogP contribution in [0.4, 0.5) is 5.69 Å². The van der Waals surface area contributed by atoms with E-state index in [0.29, 0.717) is 11.7 Å². The van der Waals surface area contributed by atoms with Crippen molar-refractivity contribution < 1.29 is 4.74 Å². The highest BCUT2D eigenvalue weighted by atomic mass is 79.9. The van der Waals surface area contributed by atoms with E-state index in [1.807, 2.05) is 25.1 Å². The molecule has 0 amide bonds. The van der Waals surface area contributed by atoms with Crippen molar-refractivity contribution in [3.8, 4) is 5.75 Å². The van der Waals surface area contributed by atoms with Crippen molar-refractivity contribution in [2.24, 2.45) is 0 Å². The zero-order valence-corrected chi connectivity index (χ0v) is 14.9. The molecule has 0 aliphatic rings. The second kappa shape index (κ2) is 6.78. The summed E-state index contributed by atoms with van der Waals surface area (Å²) in [5.41, 5.74) is 3.03. The molecule has 0 spiro atoms. The lowest BCUT2D eigenvalue weighted by Gasteiger charge is -2.13. The second-order valence-electron chi connectivity index (χ2n) is 4.24. The van der Waals surface area contributed by atoms with Gasteiger partial charge in [-0.1, -0.05) is 11.6 Å². The molecule has 0 unspecified atom stereocenters. The lowest BCUT2D eigenvalue weighted by Crippen LogP contribution is -2.03. The number of ether oxygens (including phenoxy) is 1. The third kappa shape index (κ3) is 3.45. The van der Waals surface area contributed by atoms with Crippen LogP contribution in [0.1, 0.15) is 11.1 Å². The Labute approximate surface area is 140 Å². The molecule has 1 N–H and O–H groups in total. The molecule has 1 heterocycles. The van der Waals surface area contributed by atoms with E-state index in [2.05, 4.69) is 42.2 Å². The Hall–Kier alpha value is -0.780. The zero-order chi connectivity index (χ0) is 14.7. The molecular weight excluding hydrogens is 407 g/mol. The Balaban J connectivity index is 2.20. The molecule has 0 radical (unpaired) electrons. The van der Waals surface area contributed by atoms with Gasteiger partial charge in [0.05, 0.1) is 21.7 Å². The number of nitrogens with zero attached hydrogens (tertiary/aromatic N) is 1. The summed E-state index contributed by atoms with van der Waals surface area (Å²) in [4.78, 5) is 4.08. The highest BCUT2D eigenvalue weighted by molar-refractivity contribution is 9.11. The average molecular weight is 421 g/mol. The molecule has 106 valence electrons. The number of anilines is 1. The Morgan fingerprint density at radius 1 is 1.30 bits per heavy atom. The van der Waals surface area contributed by atoms with Gasteiger partial charge in [-0.15, -0.1) is 0 Å². The number of rotatable bonds is 4. The number of hydrogen-bond acceptors (Lipinski definition) is 3. The highest BCUT2D eigenvalue weighted by Gasteiger charge is 2.09. The molecule has 20 heavy (non-hydrogen) atoms. The third-order valence-corrected chi connectivity index (χ3v) is 4.31. The van der Waals surface area contributed by atoms with Gasteiger partial charge in [-0.25, -0.2) is 4.98 Å². The smallest absolute Gasteiger partial charge is 0.152 e. The minimum atomic E-state index is 0.483. The maximum absolute atomic E-state index is 6.09. The molecule has 1 aromatic carbocycles. The highest BCUT2D eigenvalue weighted by Crippen LogP contribution is 2.34. The minimum absolute atomic E-state index is 0.483. The quantitative estimate of drug-likeness (QED) is 0.692. The monoisotopic (exact) mass is 418 g/mol. The van der Waals surface area contributed by atoms with Crippen molar-refractivity contribution >= 4 is 49.1 Å². The number of halogens is 3. The van der Waals surface area contributed by atoms with E-state index in [1.54, 1.807) is 13.3 Å². The number of pyridine rings is 1. The Kier molecular flexibility index (Phi) is 5.29. The first kappa shape index (κ1) is 15.6. The predicted molar refractivity (Wildman–Crippen MR) is 89.7 cm³/mol. The summed E-state index contributed by atoms with van der Waals surface area (Å²) in [6.45, 7) is 2.64. The van der Waals surface area contributed by atoms with Gasteiger partial charge in [0.25, 0.3) is 0 Å².